The Morgan fingerprint density at radius 2 is 2.46 bits per heavy atom. The average molecular weight is 200 g/mol. The Kier molecular flexibility index (Phi) is 3.17. The number of hydrogen-bond donors (Lipinski definition) is 1. The van der Waals surface area contributed by atoms with Crippen molar-refractivity contribution < 1.29 is 0 Å². The summed E-state index contributed by atoms with van der Waals surface area (Å²) < 4.78 is 0. The molecule has 0 aromatic heterocycles. The second kappa shape index (κ2) is 4.20. The minimum absolute atomic E-state index is 0.438. The number of nitrogens with one attached hydrogen (secondary N) is 1. The highest BCUT2D eigenvalue weighted by Crippen LogP contribution is 2.35. The first-order valence-corrected chi connectivity index (χ1v) is 6.44. The van der Waals surface area contributed by atoms with E-state index in [9.17, 15) is 0 Å². The predicted molar refractivity (Wildman–Crippen MR) is 59.2 cm³/mol. The molecule has 2 heterocycles. The first-order chi connectivity index (χ1) is 6.35. The monoisotopic (exact) mass is 200 g/mol. The van der Waals surface area contributed by atoms with E-state index < -0.39 is 0 Å². The third kappa shape index (κ3) is 2.20. The number of nitrogens with zero attached hydrogens (tertiary/aromatic N) is 1. The smallest absolute Gasteiger partial charge is 0.0785 e. The molecule has 2 aliphatic rings. The Labute approximate surface area is 85.4 Å². The van der Waals surface area contributed by atoms with Crippen LogP contribution in [0, 0.1) is 0 Å². The van der Waals surface area contributed by atoms with E-state index in [-0.39, 0.29) is 0 Å². The maximum atomic E-state index is 3.70. The maximum Gasteiger partial charge on any atom is 0.0785 e. The molecule has 0 amide bonds. The van der Waals surface area contributed by atoms with Crippen molar-refractivity contribution in [2.24, 2.45) is 0 Å². The van der Waals surface area contributed by atoms with Crippen molar-refractivity contribution in [2.45, 2.75) is 31.1 Å². The molecule has 1 unspecified atom stereocenters. The van der Waals surface area contributed by atoms with Crippen LogP contribution >= 0.6 is 11.8 Å². The van der Waals surface area contributed by atoms with E-state index in [0.29, 0.717) is 4.87 Å². The summed E-state index contributed by atoms with van der Waals surface area (Å²) in [5, 5.41) is 3.70. The minimum atomic E-state index is 0.438. The van der Waals surface area contributed by atoms with Crippen LogP contribution in [0.3, 0.4) is 0 Å². The molecular weight excluding hydrogens is 180 g/mol. The first-order valence-electron chi connectivity index (χ1n) is 5.46. The van der Waals surface area contributed by atoms with Gasteiger partial charge in [-0.05, 0) is 38.1 Å². The zero-order valence-electron chi connectivity index (χ0n) is 8.51. The third-order valence-corrected chi connectivity index (χ3v) is 4.52. The van der Waals surface area contributed by atoms with Gasteiger partial charge in [0.15, 0.2) is 0 Å². The second-order valence-corrected chi connectivity index (χ2v) is 5.63. The molecule has 1 spiro atoms. The van der Waals surface area contributed by atoms with Gasteiger partial charge in [-0.2, -0.15) is 0 Å². The maximum absolute atomic E-state index is 3.70. The Morgan fingerprint density at radius 1 is 1.54 bits per heavy atom. The molecule has 13 heavy (non-hydrogen) atoms. The Morgan fingerprint density at radius 3 is 3.15 bits per heavy atom. The molecule has 1 N–H and O–H groups in total. The number of rotatable bonds is 2. The summed E-state index contributed by atoms with van der Waals surface area (Å²) in [5.41, 5.74) is 0. The van der Waals surface area contributed by atoms with Crippen molar-refractivity contribution in [3.8, 4) is 0 Å². The van der Waals surface area contributed by atoms with Crippen molar-refractivity contribution in [1.82, 2.24) is 10.2 Å². The summed E-state index contributed by atoms with van der Waals surface area (Å²) in [6.07, 6.45) is 3.98. The number of likely N-dealkylation sites (tertiary alicyclic amines) is 1. The van der Waals surface area contributed by atoms with Crippen LogP contribution in [-0.4, -0.2) is 41.7 Å². The van der Waals surface area contributed by atoms with Crippen LogP contribution in [0.2, 0.25) is 0 Å². The van der Waals surface area contributed by atoms with Crippen LogP contribution in [0.25, 0.3) is 0 Å². The van der Waals surface area contributed by atoms with E-state index in [2.05, 4.69) is 28.9 Å². The van der Waals surface area contributed by atoms with Gasteiger partial charge in [-0.1, -0.05) is 6.92 Å². The van der Waals surface area contributed by atoms with Gasteiger partial charge in [0.2, 0.25) is 0 Å². The van der Waals surface area contributed by atoms with Crippen molar-refractivity contribution >= 4 is 11.8 Å². The summed E-state index contributed by atoms with van der Waals surface area (Å²) in [7, 11) is 0. The molecular formula is C10H20N2S. The van der Waals surface area contributed by atoms with Crippen molar-refractivity contribution in [1.29, 1.82) is 0 Å². The van der Waals surface area contributed by atoms with Gasteiger partial charge in [-0.15, -0.1) is 11.8 Å². The van der Waals surface area contributed by atoms with Gasteiger partial charge < -0.3 is 10.2 Å². The summed E-state index contributed by atoms with van der Waals surface area (Å²) in [4.78, 5) is 3.04. The molecule has 2 rings (SSSR count). The minimum Gasteiger partial charge on any atom is -0.302 e. The topological polar surface area (TPSA) is 15.3 Å². The van der Waals surface area contributed by atoms with Gasteiger partial charge in [0, 0.05) is 13.1 Å². The molecule has 0 saturated carbocycles. The quantitative estimate of drug-likeness (QED) is 0.727. The molecule has 0 radical (unpaired) electrons. The van der Waals surface area contributed by atoms with Crippen LogP contribution in [-0.2, 0) is 0 Å². The fourth-order valence-corrected chi connectivity index (χ4v) is 3.73. The van der Waals surface area contributed by atoms with Gasteiger partial charge in [0.1, 0.15) is 0 Å². The van der Waals surface area contributed by atoms with Gasteiger partial charge in [0.05, 0.1) is 4.87 Å². The SMILES string of the molecule is CCCN1CCC2(C1)NCCCS2. The van der Waals surface area contributed by atoms with Gasteiger partial charge in [-0.25, -0.2) is 0 Å². The fourth-order valence-electron chi connectivity index (χ4n) is 2.33. The van der Waals surface area contributed by atoms with Crippen LogP contribution in [0.4, 0.5) is 0 Å². The molecule has 0 bridgehead atoms. The lowest BCUT2D eigenvalue weighted by atomic mass is 10.2. The van der Waals surface area contributed by atoms with Crippen LogP contribution in [0.1, 0.15) is 26.2 Å². The van der Waals surface area contributed by atoms with Crippen LogP contribution < -0.4 is 5.32 Å². The summed E-state index contributed by atoms with van der Waals surface area (Å²) in [5.74, 6) is 1.35. The second-order valence-electron chi connectivity index (χ2n) is 4.15. The summed E-state index contributed by atoms with van der Waals surface area (Å²) >= 11 is 2.15. The molecule has 3 heteroatoms. The molecule has 76 valence electrons. The van der Waals surface area contributed by atoms with E-state index in [4.69, 9.17) is 0 Å². The Bertz CT molecular complexity index is 166. The van der Waals surface area contributed by atoms with Gasteiger partial charge >= 0.3 is 0 Å². The van der Waals surface area contributed by atoms with Gasteiger partial charge in [0.25, 0.3) is 0 Å². The normalized spacial score (nSPS) is 35.8. The highest BCUT2D eigenvalue weighted by Gasteiger charge is 2.38. The van der Waals surface area contributed by atoms with Crippen LogP contribution in [0.5, 0.6) is 0 Å². The van der Waals surface area contributed by atoms with Crippen molar-refractivity contribution in [3.05, 3.63) is 0 Å². The standard InChI is InChI=1S/C10H20N2S/c1-2-6-12-7-4-10(9-12)11-5-3-8-13-10/h11H,2-9H2,1H3. The Balaban J connectivity index is 1.87. The lowest BCUT2D eigenvalue weighted by molar-refractivity contribution is 0.320. The number of thioether (sulfide) groups is 1. The van der Waals surface area contributed by atoms with Crippen molar-refractivity contribution in [2.75, 3.05) is 31.9 Å². The molecule has 2 fully saturated rings. The first kappa shape index (κ1) is 9.81. The molecule has 0 aromatic rings. The molecule has 2 aliphatic heterocycles. The average Bonchev–Trinajstić information content (AvgIpc) is 2.51. The molecule has 2 nitrogen and oxygen atoms in total. The van der Waals surface area contributed by atoms with E-state index in [1.807, 2.05) is 0 Å². The largest absolute Gasteiger partial charge is 0.302 e. The third-order valence-electron chi connectivity index (χ3n) is 3.00. The molecule has 1 atom stereocenters. The van der Waals surface area contributed by atoms with E-state index in [1.54, 1.807) is 0 Å². The lowest BCUT2D eigenvalue weighted by Gasteiger charge is -2.34. The zero-order chi connectivity index (χ0) is 9.15. The summed E-state index contributed by atoms with van der Waals surface area (Å²) in [6.45, 7) is 7.35. The van der Waals surface area contributed by atoms with E-state index in [1.165, 1.54) is 51.2 Å². The van der Waals surface area contributed by atoms with E-state index in [0.717, 1.165) is 0 Å². The number of hydrogen-bond acceptors (Lipinski definition) is 3. The highest BCUT2D eigenvalue weighted by atomic mass is 32.2. The zero-order valence-corrected chi connectivity index (χ0v) is 9.33. The lowest BCUT2D eigenvalue weighted by Crippen LogP contribution is -2.48. The highest BCUT2D eigenvalue weighted by molar-refractivity contribution is 8.00. The molecule has 2 saturated heterocycles. The molecule has 0 aliphatic carbocycles. The van der Waals surface area contributed by atoms with Gasteiger partial charge in [-0.3, -0.25) is 0 Å². The van der Waals surface area contributed by atoms with Crippen LogP contribution in [0.15, 0.2) is 0 Å². The van der Waals surface area contributed by atoms with E-state index >= 15 is 0 Å². The summed E-state index contributed by atoms with van der Waals surface area (Å²) in [6, 6.07) is 0. The fraction of sp³-hybridized carbons (Fsp3) is 1.00. The Hall–Kier alpha value is 0.270. The van der Waals surface area contributed by atoms with Crippen molar-refractivity contribution in [3.63, 3.8) is 0 Å². The predicted octanol–water partition coefficient (Wildman–Crippen LogP) is 1.52. The molecule has 0 aromatic carbocycles.